The lowest BCUT2D eigenvalue weighted by Crippen LogP contribution is -2.33. The van der Waals surface area contributed by atoms with Gasteiger partial charge in [0.05, 0.1) is 45.5 Å². The number of unbranched alkanes of at least 4 members (excludes halogenated alkanes) is 12. The quantitative estimate of drug-likeness (QED) is 0.0157. The summed E-state index contributed by atoms with van der Waals surface area (Å²) in [6.45, 7) is 5.23. The summed E-state index contributed by atoms with van der Waals surface area (Å²) < 4.78 is 31.8. The molecule has 3 amide bonds. The van der Waals surface area contributed by atoms with Crippen molar-refractivity contribution < 1.29 is 88.2 Å². The summed E-state index contributed by atoms with van der Waals surface area (Å²) in [6, 6.07) is 0. The van der Waals surface area contributed by atoms with E-state index in [1.54, 1.807) is 0 Å². The third-order valence-electron chi connectivity index (χ3n) is 8.89. The second kappa shape index (κ2) is 41.9. The Bertz CT molecular complexity index is 2150. The molecule has 16 nitrogen and oxygen atoms in total. The van der Waals surface area contributed by atoms with Crippen LogP contribution in [0, 0.1) is 0 Å². The van der Waals surface area contributed by atoms with Gasteiger partial charge in [0.2, 0.25) is 5.91 Å². The van der Waals surface area contributed by atoms with Gasteiger partial charge >= 0.3 is 23.9 Å². The molecule has 16 heteroatoms. The molecule has 1 fully saturated rings. The van der Waals surface area contributed by atoms with E-state index in [2.05, 4.69) is 98.2 Å². The first-order valence-corrected chi connectivity index (χ1v) is 22.6. The van der Waals surface area contributed by atoms with Crippen molar-refractivity contribution in [3.63, 3.8) is 0 Å². The van der Waals surface area contributed by atoms with Crippen LogP contribution in [-0.4, -0.2) is 112 Å². The van der Waals surface area contributed by atoms with Gasteiger partial charge in [0, 0.05) is 53.6 Å². The number of hydrogen-bond acceptors (Lipinski definition) is 14. The lowest BCUT2D eigenvalue weighted by Gasteiger charge is -2.17. The maximum absolute atomic E-state index is 12.7. The van der Waals surface area contributed by atoms with E-state index in [1.807, 2.05) is 0 Å². The number of nitrogens with one attached hydrogen (secondary N) is 1. The first-order chi connectivity index (χ1) is 32.7. The molecule has 390 valence electrons. The Kier molecular flexibility index (Phi) is 36.5. The fraction of sp³-hybridized carbons (Fsp3) is 0.569. The number of ether oxygens (including phenoxy) is 6. The number of imide groups is 1. The molecule has 0 aromatic heterocycles. The minimum absolute atomic E-state index is 0. The third-order valence-corrected chi connectivity index (χ3v) is 8.89. The van der Waals surface area contributed by atoms with Crippen molar-refractivity contribution in [2.45, 2.75) is 129 Å². The molecule has 0 bridgehead atoms. The van der Waals surface area contributed by atoms with Gasteiger partial charge in [-0.15, -0.1) is 5.06 Å². The summed E-state index contributed by atoms with van der Waals surface area (Å²) in [5, 5.41) is 3.07. The molecule has 1 heterocycles. The standard InChI is InChI=1S/C51H62N2O14.15H2/c1-3-5-7-9-11-13-15-17-19-21-23-25-27-29-48(57)64-41-44(66-50(59)30-28-26-24-22-20-18-16-14-12-10-8-6-4-2)42-65-49(58)34-31-45(54)52-35-36-61-37-38-62-39-40-63-43-51(60)67-53-46(55)32-33-47(53)56;;;;;;;;;;;;;;;/h29,44H,1,4,6,8,10,12,14,16,18,20,22,24,26,28,30-43H2,2H3,(H,52,54);15*1H. The lowest BCUT2D eigenvalue weighted by molar-refractivity contribution is -0.200. The Labute approximate surface area is 415 Å². The van der Waals surface area contributed by atoms with Gasteiger partial charge in [-0.2, -0.15) is 0 Å². The predicted molar refractivity (Wildman–Crippen MR) is 272 cm³/mol. The summed E-state index contributed by atoms with van der Waals surface area (Å²) in [5.74, 6) is -4.53. The molecule has 0 aliphatic carbocycles. The van der Waals surface area contributed by atoms with Gasteiger partial charge in [0.1, 0.15) is 19.8 Å². The van der Waals surface area contributed by atoms with Gasteiger partial charge in [-0.3, -0.25) is 24.0 Å². The second-order valence-electron chi connectivity index (χ2n) is 14.4. The van der Waals surface area contributed by atoms with Crippen LogP contribution in [0.4, 0.5) is 0 Å². The fourth-order valence-corrected chi connectivity index (χ4v) is 5.53. The highest BCUT2D eigenvalue weighted by atomic mass is 16.7. The minimum atomic E-state index is -1.09. The smallest absolute Gasteiger partial charge is 0.358 e. The van der Waals surface area contributed by atoms with E-state index in [0.29, 0.717) is 11.5 Å². The third kappa shape index (κ3) is 36.2. The van der Waals surface area contributed by atoms with Gasteiger partial charge in [-0.05, 0) is 76.0 Å². The highest BCUT2D eigenvalue weighted by molar-refractivity contribution is 6.01. The first-order valence-electron chi connectivity index (χ1n) is 22.6. The maximum atomic E-state index is 12.7. The van der Waals surface area contributed by atoms with E-state index in [4.69, 9.17) is 28.4 Å². The van der Waals surface area contributed by atoms with Crippen LogP contribution < -0.4 is 5.32 Å². The summed E-state index contributed by atoms with van der Waals surface area (Å²) in [5.41, 5.74) is 31.8. The summed E-state index contributed by atoms with van der Waals surface area (Å²) in [4.78, 5) is 89.1. The zero-order valence-electron chi connectivity index (χ0n) is 38.6. The zero-order valence-corrected chi connectivity index (χ0v) is 38.6. The van der Waals surface area contributed by atoms with Crippen LogP contribution in [0.25, 0.3) is 0 Å². The highest BCUT2D eigenvalue weighted by Crippen LogP contribution is 2.14. The molecule has 0 saturated carbocycles. The van der Waals surface area contributed by atoms with E-state index >= 15 is 0 Å². The highest BCUT2D eigenvalue weighted by Gasteiger charge is 2.32. The number of hydrogen-bond donors (Lipinski definition) is 1. The lowest BCUT2D eigenvalue weighted by atomic mass is 10.0. The van der Waals surface area contributed by atoms with Gasteiger partial charge in [-0.1, -0.05) is 95.4 Å². The molecule has 67 heavy (non-hydrogen) atoms. The number of carbonyl (C=O) groups excluding carboxylic acids is 7. The Morgan fingerprint density at radius 1 is 0.612 bits per heavy atom. The summed E-state index contributed by atoms with van der Waals surface area (Å²) in [6.07, 6.45) is 14.6. The number of esters is 3. The average Bonchev–Trinajstić information content (AvgIpc) is 3.63. The van der Waals surface area contributed by atoms with Crippen molar-refractivity contribution in [1.82, 2.24) is 10.4 Å². The number of carbonyl (C=O) groups is 7. The van der Waals surface area contributed by atoms with Crippen LogP contribution >= 0.6 is 0 Å². The van der Waals surface area contributed by atoms with E-state index < -0.39 is 67.5 Å². The zero-order chi connectivity index (χ0) is 48.8. The molecule has 1 N–H and O–H groups in total. The van der Waals surface area contributed by atoms with Crippen LogP contribution in [-0.2, 0) is 66.8 Å². The van der Waals surface area contributed by atoms with E-state index in [0.717, 1.165) is 25.3 Å². The van der Waals surface area contributed by atoms with Crippen molar-refractivity contribution >= 4 is 41.6 Å². The fourth-order valence-electron chi connectivity index (χ4n) is 5.53. The van der Waals surface area contributed by atoms with Crippen LogP contribution in [0.3, 0.4) is 0 Å². The topological polar surface area (TPSA) is 199 Å². The van der Waals surface area contributed by atoms with Crippen molar-refractivity contribution in [2.75, 3.05) is 59.4 Å². The molecule has 1 aliphatic heterocycles. The second-order valence-corrected chi connectivity index (χ2v) is 14.4. The van der Waals surface area contributed by atoms with Crippen LogP contribution in [0.5, 0.6) is 0 Å². The number of hydroxylamine groups is 2. The number of nitrogens with zero attached hydrogens (tertiary/aromatic N) is 1. The molecule has 1 saturated heterocycles. The molecular formula is C51H92N2O14. The summed E-state index contributed by atoms with van der Waals surface area (Å²) >= 11 is 0. The molecule has 1 unspecified atom stereocenters. The monoisotopic (exact) mass is 957 g/mol. The van der Waals surface area contributed by atoms with E-state index in [-0.39, 0.29) is 93.1 Å². The Morgan fingerprint density at radius 2 is 1.12 bits per heavy atom. The van der Waals surface area contributed by atoms with Crippen molar-refractivity contribution in [3.05, 3.63) is 87.2 Å². The van der Waals surface area contributed by atoms with E-state index in [1.165, 1.54) is 57.8 Å². The molecular weight excluding hydrogens is 865 g/mol. The molecule has 1 aliphatic rings. The van der Waals surface area contributed by atoms with E-state index in [9.17, 15) is 33.6 Å². The van der Waals surface area contributed by atoms with Gasteiger partial charge in [-0.25, -0.2) is 9.59 Å². The normalized spacial score (nSPS) is 11.3. The Hall–Kier alpha value is -6.75. The number of amides is 3. The van der Waals surface area contributed by atoms with Crippen LogP contribution in [0.15, 0.2) is 87.2 Å². The Morgan fingerprint density at radius 3 is 1.70 bits per heavy atom. The van der Waals surface area contributed by atoms with Gasteiger partial charge in [0.15, 0.2) is 6.10 Å². The average molecular weight is 957 g/mol. The minimum Gasteiger partial charge on any atom is -0.462 e. The molecule has 0 aromatic carbocycles. The van der Waals surface area contributed by atoms with Crippen molar-refractivity contribution in [3.8, 4) is 0 Å². The molecule has 0 aromatic rings. The molecule has 1 atom stereocenters. The molecule has 0 spiro atoms. The molecule has 0 radical (unpaired) electrons. The van der Waals surface area contributed by atoms with Gasteiger partial charge < -0.3 is 38.6 Å². The maximum Gasteiger partial charge on any atom is 0.358 e. The van der Waals surface area contributed by atoms with Gasteiger partial charge in [0.25, 0.3) is 11.8 Å². The molecule has 1 rings (SSSR count). The predicted octanol–water partition coefficient (Wildman–Crippen LogP) is 9.91. The van der Waals surface area contributed by atoms with Crippen molar-refractivity contribution in [2.24, 2.45) is 0 Å². The van der Waals surface area contributed by atoms with Crippen LogP contribution in [0.1, 0.15) is 144 Å². The SMILES string of the molecule is C=C=C=C=C=C=C=C=C=C=C=C=C=C=CC(=O)OCC(COC(=O)CCC(=O)NCCOCCOCCOCC(=O)ON1C(=O)CCC1=O)OC(=O)CCCCCCCCCCCCCCC.[HH].[HH].[HH].[HH].[HH].[HH].[HH].[HH].[HH].[HH].[HH].[HH].[HH].[HH].[HH]. The first kappa shape index (κ1) is 58.3. The summed E-state index contributed by atoms with van der Waals surface area (Å²) in [7, 11) is 0. The number of rotatable bonds is 35. The van der Waals surface area contributed by atoms with Crippen LogP contribution in [0.2, 0.25) is 0 Å². The largest absolute Gasteiger partial charge is 0.462 e. The van der Waals surface area contributed by atoms with Crippen molar-refractivity contribution in [1.29, 1.82) is 0 Å². The Balaban J connectivity index is -0.000000230.